The van der Waals surface area contributed by atoms with Crippen LogP contribution in [0.4, 0.5) is 13.2 Å². The Labute approximate surface area is 151 Å². The zero-order valence-corrected chi connectivity index (χ0v) is 15.3. The quantitative estimate of drug-likeness (QED) is 0.471. The molecule has 0 bridgehead atoms. The first-order valence-corrected chi connectivity index (χ1v) is 8.43. The van der Waals surface area contributed by atoms with E-state index in [0.29, 0.717) is 12.0 Å². The van der Waals surface area contributed by atoms with Crippen molar-refractivity contribution in [3.8, 4) is 0 Å². The van der Waals surface area contributed by atoms with E-state index in [1.165, 1.54) is 20.3 Å². The molecule has 1 atom stereocenters. The van der Waals surface area contributed by atoms with E-state index < -0.39 is 24.1 Å². The number of methoxy groups -OCH3 is 2. The number of nitrogens with one attached hydrogen (secondary N) is 1. The third kappa shape index (κ3) is 7.72. The molecule has 8 heteroatoms. The molecule has 0 amide bonds. The minimum atomic E-state index is -4.44. The number of benzene rings is 1. The van der Waals surface area contributed by atoms with Crippen LogP contribution in [0.25, 0.3) is 0 Å². The van der Waals surface area contributed by atoms with E-state index in [2.05, 4.69) is 5.32 Å². The second-order valence-corrected chi connectivity index (χ2v) is 5.77. The lowest BCUT2D eigenvalue weighted by molar-refractivity contribution is -0.145. The summed E-state index contributed by atoms with van der Waals surface area (Å²) in [5.74, 6) is -0.374. The average molecular weight is 377 g/mol. The SMILES string of the molecule is CCCCC(=O)OC[C@H](NCC(OC)OC)c1cccc(C(F)(F)F)c1. The fourth-order valence-electron chi connectivity index (χ4n) is 2.28. The summed E-state index contributed by atoms with van der Waals surface area (Å²) >= 11 is 0. The first kappa shape index (κ1) is 22.4. The van der Waals surface area contributed by atoms with Crippen LogP contribution in [0.1, 0.15) is 43.4 Å². The molecule has 148 valence electrons. The Morgan fingerprint density at radius 1 is 1.23 bits per heavy atom. The van der Waals surface area contributed by atoms with Crippen LogP contribution in [0.2, 0.25) is 0 Å². The highest BCUT2D eigenvalue weighted by Crippen LogP contribution is 2.30. The summed E-state index contributed by atoms with van der Waals surface area (Å²) in [6.45, 7) is 2.10. The third-order valence-electron chi connectivity index (χ3n) is 3.82. The molecule has 0 saturated heterocycles. The number of alkyl halides is 3. The molecule has 1 aromatic carbocycles. The Hall–Kier alpha value is -1.64. The molecule has 0 aliphatic rings. The van der Waals surface area contributed by atoms with Crippen molar-refractivity contribution in [3.05, 3.63) is 35.4 Å². The van der Waals surface area contributed by atoms with Gasteiger partial charge in [0.25, 0.3) is 0 Å². The van der Waals surface area contributed by atoms with E-state index in [1.54, 1.807) is 6.07 Å². The Balaban J connectivity index is 2.87. The lowest BCUT2D eigenvalue weighted by atomic mass is 10.0. The Kier molecular flexibility index (Phi) is 9.61. The fraction of sp³-hybridized carbons (Fsp3) is 0.611. The van der Waals surface area contributed by atoms with Gasteiger partial charge in [-0.2, -0.15) is 13.2 Å². The molecular formula is C18H26F3NO4. The highest BCUT2D eigenvalue weighted by molar-refractivity contribution is 5.69. The molecule has 0 unspecified atom stereocenters. The smallest absolute Gasteiger partial charge is 0.416 e. The summed E-state index contributed by atoms with van der Waals surface area (Å²) < 4.78 is 54.2. The molecule has 0 spiro atoms. The van der Waals surface area contributed by atoms with Crippen LogP contribution in [-0.2, 0) is 25.2 Å². The number of carbonyl (C=O) groups is 1. The number of hydrogen-bond acceptors (Lipinski definition) is 5. The van der Waals surface area contributed by atoms with E-state index in [-0.39, 0.29) is 25.5 Å². The molecule has 0 heterocycles. The first-order chi connectivity index (χ1) is 12.3. The molecule has 0 aliphatic carbocycles. The second kappa shape index (κ2) is 11.2. The Morgan fingerprint density at radius 2 is 1.92 bits per heavy atom. The maximum atomic E-state index is 13.0. The number of rotatable bonds is 11. The van der Waals surface area contributed by atoms with Gasteiger partial charge in [0.2, 0.25) is 0 Å². The van der Waals surface area contributed by atoms with E-state index >= 15 is 0 Å². The molecule has 1 aromatic rings. The van der Waals surface area contributed by atoms with E-state index in [9.17, 15) is 18.0 Å². The van der Waals surface area contributed by atoms with Crippen LogP contribution >= 0.6 is 0 Å². The minimum absolute atomic E-state index is 0.0794. The highest BCUT2D eigenvalue weighted by atomic mass is 19.4. The van der Waals surface area contributed by atoms with Crippen molar-refractivity contribution in [1.29, 1.82) is 0 Å². The van der Waals surface area contributed by atoms with Crippen molar-refractivity contribution in [3.63, 3.8) is 0 Å². The average Bonchev–Trinajstić information content (AvgIpc) is 2.62. The normalized spacial score (nSPS) is 13.0. The summed E-state index contributed by atoms with van der Waals surface area (Å²) in [6.07, 6.45) is -3.17. The molecule has 1 N–H and O–H groups in total. The van der Waals surface area contributed by atoms with Crippen molar-refractivity contribution >= 4 is 5.97 Å². The van der Waals surface area contributed by atoms with Gasteiger partial charge < -0.3 is 19.5 Å². The predicted molar refractivity (Wildman–Crippen MR) is 90.5 cm³/mol. The molecule has 26 heavy (non-hydrogen) atoms. The minimum Gasteiger partial charge on any atom is -0.464 e. The van der Waals surface area contributed by atoms with E-state index in [0.717, 1.165) is 18.6 Å². The zero-order chi connectivity index (χ0) is 19.6. The number of esters is 1. The molecule has 0 fully saturated rings. The van der Waals surface area contributed by atoms with Gasteiger partial charge in [-0.3, -0.25) is 4.79 Å². The summed E-state index contributed by atoms with van der Waals surface area (Å²) in [7, 11) is 2.92. The molecule has 1 rings (SSSR count). The van der Waals surface area contributed by atoms with Gasteiger partial charge in [0, 0.05) is 27.2 Å². The number of halogens is 3. The lowest BCUT2D eigenvalue weighted by Gasteiger charge is -2.23. The van der Waals surface area contributed by atoms with Crippen molar-refractivity contribution in [2.45, 2.75) is 44.7 Å². The van der Waals surface area contributed by atoms with Crippen LogP contribution in [0.5, 0.6) is 0 Å². The third-order valence-corrected chi connectivity index (χ3v) is 3.82. The molecule has 0 saturated carbocycles. The number of hydrogen-bond donors (Lipinski definition) is 1. The number of unbranched alkanes of at least 4 members (excludes halogenated alkanes) is 1. The van der Waals surface area contributed by atoms with Crippen molar-refractivity contribution < 1.29 is 32.2 Å². The van der Waals surface area contributed by atoms with E-state index in [1.807, 2.05) is 6.92 Å². The topological polar surface area (TPSA) is 56.8 Å². The Bertz CT molecular complexity index is 547. The van der Waals surface area contributed by atoms with Gasteiger partial charge in [-0.15, -0.1) is 0 Å². The Morgan fingerprint density at radius 3 is 2.50 bits per heavy atom. The molecule has 0 aliphatic heterocycles. The van der Waals surface area contributed by atoms with Gasteiger partial charge in [-0.1, -0.05) is 25.5 Å². The summed E-state index contributed by atoms with van der Waals surface area (Å²) in [6, 6.07) is 4.32. The first-order valence-electron chi connectivity index (χ1n) is 8.43. The van der Waals surface area contributed by atoms with Crippen molar-refractivity contribution in [1.82, 2.24) is 5.32 Å². The van der Waals surface area contributed by atoms with Gasteiger partial charge in [0.1, 0.15) is 6.61 Å². The van der Waals surface area contributed by atoms with Gasteiger partial charge in [-0.25, -0.2) is 0 Å². The standard InChI is InChI=1S/C18H26F3NO4/c1-4-5-9-16(23)26-12-15(22-11-17(24-2)25-3)13-7-6-8-14(10-13)18(19,20)21/h6-8,10,15,17,22H,4-5,9,11-12H2,1-3H3/t15-/m0/s1. The van der Waals surface area contributed by atoms with Crippen LogP contribution in [-0.4, -0.2) is 39.6 Å². The van der Waals surface area contributed by atoms with Crippen LogP contribution in [0, 0.1) is 0 Å². The molecule has 0 aromatic heterocycles. The zero-order valence-electron chi connectivity index (χ0n) is 15.3. The summed E-state index contributed by atoms with van der Waals surface area (Å²) in [4.78, 5) is 11.7. The monoisotopic (exact) mass is 377 g/mol. The van der Waals surface area contributed by atoms with Gasteiger partial charge in [-0.05, 0) is 24.1 Å². The number of ether oxygens (including phenoxy) is 3. The molecular weight excluding hydrogens is 351 g/mol. The molecule has 5 nitrogen and oxygen atoms in total. The lowest BCUT2D eigenvalue weighted by Crippen LogP contribution is -2.35. The largest absolute Gasteiger partial charge is 0.464 e. The summed E-state index contributed by atoms with van der Waals surface area (Å²) in [5, 5.41) is 3.03. The van der Waals surface area contributed by atoms with Crippen molar-refractivity contribution in [2.75, 3.05) is 27.4 Å². The van der Waals surface area contributed by atoms with Crippen LogP contribution in [0.3, 0.4) is 0 Å². The highest BCUT2D eigenvalue weighted by Gasteiger charge is 2.31. The molecule has 0 radical (unpaired) electrons. The maximum Gasteiger partial charge on any atom is 0.416 e. The van der Waals surface area contributed by atoms with Gasteiger partial charge in [0.05, 0.1) is 11.6 Å². The predicted octanol–water partition coefficient (Wildman–Crippen LogP) is 3.69. The van der Waals surface area contributed by atoms with E-state index in [4.69, 9.17) is 14.2 Å². The van der Waals surface area contributed by atoms with Gasteiger partial charge >= 0.3 is 12.1 Å². The van der Waals surface area contributed by atoms with Gasteiger partial charge in [0.15, 0.2) is 6.29 Å². The maximum absolute atomic E-state index is 13.0. The fourth-order valence-corrected chi connectivity index (χ4v) is 2.28. The summed E-state index contributed by atoms with van der Waals surface area (Å²) in [5.41, 5.74) is -0.386. The van der Waals surface area contributed by atoms with Crippen molar-refractivity contribution in [2.24, 2.45) is 0 Å². The van der Waals surface area contributed by atoms with Crippen LogP contribution in [0.15, 0.2) is 24.3 Å². The number of carbonyl (C=O) groups excluding carboxylic acids is 1. The van der Waals surface area contributed by atoms with Crippen LogP contribution < -0.4 is 5.32 Å². The second-order valence-electron chi connectivity index (χ2n) is 5.77.